The van der Waals surface area contributed by atoms with Crippen LogP contribution in [0.15, 0.2) is 87.3 Å². The molecule has 338 valence electrons. The standard InChI is InChI=1S/C38H45N3O17S4/c1-37(17-6-22-59(45,46)47)28-24-26(61(51,52)53)10-12-30(28)39-32(37)8-4-3-5-9-33-38(2,18-7-23-60(48,49)50)29-25-27(62(54,55)56)11-13-31(29)40(33)19-21-57-20-16-36(44)58-41-34(42)14-15-35(41)43/h3-5,8-13,24-25H,6-7,14-23H2,1-2H3,(H,45,46,47)(H,48,49,50)(H,51,52,53)(H,54,55,56)/b5-3+,8-4+,33-9+. The second-order valence-electron chi connectivity index (χ2n) is 15.1. The Hall–Kier alpha value is -4.66. The molecule has 3 heterocycles. The number of carbonyl (C=O) groups is 3. The van der Waals surface area contributed by atoms with Crippen molar-refractivity contribution in [3.8, 4) is 0 Å². The van der Waals surface area contributed by atoms with E-state index in [0.29, 0.717) is 39.0 Å². The van der Waals surface area contributed by atoms with Crippen LogP contribution in [0.2, 0.25) is 0 Å². The van der Waals surface area contributed by atoms with Crippen molar-refractivity contribution in [2.45, 2.75) is 79.4 Å². The van der Waals surface area contributed by atoms with Gasteiger partial charge in [-0.1, -0.05) is 18.2 Å². The molecule has 24 heteroatoms. The lowest BCUT2D eigenvalue weighted by Gasteiger charge is -2.30. The van der Waals surface area contributed by atoms with Crippen LogP contribution in [0, 0.1) is 0 Å². The van der Waals surface area contributed by atoms with Gasteiger partial charge < -0.3 is 14.5 Å². The first-order valence-corrected chi connectivity index (χ1v) is 25.0. The number of hydrogen-bond acceptors (Lipinski definition) is 15. The summed E-state index contributed by atoms with van der Waals surface area (Å²) in [6.45, 7) is 3.31. The molecule has 0 saturated carbocycles. The molecule has 20 nitrogen and oxygen atoms in total. The number of rotatable bonds is 20. The summed E-state index contributed by atoms with van der Waals surface area (Å²) in [7, 11) is -18.0. The van der Waals surface area contributed by atoms with Gasteiger partial charge in [0, 0.05) is 41.6 Å². The van der Waals surface area contributed by atoms with Gasteiger partial charge in [0.2, 0.25) is 0 Å². The maximum atomic E-state index is 12.3. The maximum Gasteiger partial charge on any atom is 0.335 e. The largest absolute Gasteiger partial charge is 0.379 e. The quantitative estimate of drug-likeness (QED) is 0.0637. The second-order valence-corrected chi connectivity index (χ2v) is 21.1. The Labute approximate surface area is 358 Å². The normalized spacial score (nSPS) is 21.4. The van der Waals surface area contributed by atoms with Gasteiger partial charge >= 0.3 is 5.97 Å². The predicted octanol–water partition coefficient (Wildman–Crippen LogP) is 3.65. The van der Waals surface area contributed by atoms with Crippen LogP contribution in [0.1, 0.15) is 69.9 Å². The molecule has 2 aromatic carbocycles. The molecule has 0 aliphatic carbocycles. The number of hydrogen-bond donors (Lipinski definition) is 4. The lowest BCUT2D eigenvalue weighted by atomic mass is 9.76. The summed E-state index contributed by atoms with van der Waals surface area (Å²) in [5, 5.41) is 0.418. The molecule has 0 aromatic heterocycles. The van der Waals surface area contributed by atoms with E-state index in [2.05, 4.69) is 4.99 Å². The lowest BCUT2D eigenvalue weighted by Crippen LogP contribution is -2.33. The molecule has 0 bridgehead atoms. The summed E-state index contributed by atoms with van der Waals surface area (Å²) >= 11 is 0. The van der Waals surface area contributed by atoms with Gasteiger partial charge in [0.25, 0.3) is 52.3 Å². The van der Waals surface area contributed by atoms with Gasteiger partial charge in [-0.25, -0.2) is 4.79 Å². The lowest BCUT2D eigenvalue weighted by molar-refractivity contribution is -0.198. The van der Waals surface area contributed by atoms with Crippen molar-refractivity contribution in [2.75, 3.05) is 36.2 Å². The van der Waals surface area contributed by atoms with Gasteiger partial charge in [0.15, 0.2) is 0 Å². The van der Waals surface area contributed by atoms with Crippen molar-refractivity contribution < 1.29 is 75.8 Å². The number of imide groups is 1. The molecule has 2 aromatic rings. The molecule has 2 amide bonds. The Balaban J connectivity index is 1.44. The monoisotopic (exact) mass is 943 g/mol. The molecule has 2 unspecified atom stereocenters. The molecule has 3 aliphatic rings. The van der Waals surface area contributed by atoms with E-state index >= 15 is 0 Å². The van der Waals surface area contributed by atoms with Crippen LogP contribution >= 0.6 is 0 Å². The number of hydroxylamine groups is 2. The smallest absolute Gasteiger partial charge is 0.335 e. The van der Waals surface area contributed by atoms with Crippen molar-refractivity contribution >= 4 is 75.3 Å². The zero-order valence-corrected chi connectivity index (χ0v) is 36.7. The topological polar surface area (TPSA) is 306 Å². The fourth-order valence-corrected chi connectivity index (χ4v) is 9.61. The Kier molecular flexibility index (Phi) is 14.5. The van der Waals surface area contributed by atoms with E-state index in [0.717, 1.165) is 0 Å². The van der Waals surface area contributed by atoms with E-state index in [9.17, 15) is 66.3 Å². The van der Waals surface area contributed by atoms with E-state index in [4.69, 9.17) is 9.57 Å². The predicted molar refractivity (Wildman–Crippen MR) is 222 cm³/mol. The third kappa shape index (κ3) is 11.7. The van der Waals surface area contributed by atoms with Gasteiger partial charge in [0.1, 0.15) is 0 Å². The second kappa shape index (κ2) is 18.6. The molecular weight excluding hydrogens is 899 g/mol. The highest BCUT2D eigenvalue weighted by Crippen LogP contribution is 2.51. The average molecular weight is 944 g/mol. The SMILES string of the molecule is CC1(CCCS(=O)(=O)O)C(/C=C/C=C/C=C2/N(CCOCCC(=O)ON3C(=O)CCC3=O)c3ccc(S(=O)(=O)O)cc3C2(C)CCCS(=O)(=O)O)=Nc2ccc(S(=O)(=O)O)cc21. The number of anilines is 1. The molecule has 0 radical (unpaired) electrons. The van der Waals surface area contributed by atoms with Crippen LogP contribution in [-0.4, -0.2) is 112 Å². The number of carbonyl (C=O) groups excluding carboxylic acids is 3. The molecule has 3 aliphatic heterocycles. The Morgan fingerprint density at radius 2 is 1.32 bits per heavy atom. The van der Waals surface area contributed by atoms with E-state index < -0.39 is 90.4 Å². The summed E-state index contributed by atoms with van der Waals surface area (Å²) in [5.41, 5.74) is 0.336. The number of amides is 2. The van der Waals surface area contributed by atoms with Crippen LogP contribution in [0.25, 0.3) is 0 Å². The van der Waals surface area contributed by atoms with Gasteiger partial charge in [0.05, 0.1) is 52.3 Å². The van der Waals surface area contributed by atoms with Gasteiger partial charge in [-0.3, -0.25) is 32.8 Å². The third-order valence-corrected chi connectivity index (χ3v) is 14.0. The fourth-order valence-electron chi connectivity index (χ4n) is 7.58. The van der Waals surface area contributed by atoms with Crippen molar-refractivity contribution in [1.82, 2.24) is 5.06 Å². The van der Waals surface area contributed by atoms with E-state index in [1.807, 2.05) is 0 Å². The third-order valence-electron chi connectivity index (χ3n) is 10.7. The van der Waals surface area contributed by atoms with Gasteiger partial charge in [-0.2, -0.15) is 33.7 Å². The van der Waals surface area contributed by atoms with Crippen molar-refractivity contribution in [3.63, 3.8) is 0 Å². The first-order valence-electron chi connectivity index (χ1n) is 18.9. The van der Waals surface area contributed by atoms with Crippen molar-refractivity contribution in [3.05, 3.63) is 83.6 Å². The summed E-state index contributed by atoms with van der Waals surface area (Å²) in [4.78, 5) is 46.3. The number of benzene rings is 2. The summed E-state index contributed by atoms with van der Waals surface area (Å²) in [6.07, 6.45) is 7.68. The summed E-state index contributed by atoms with van der Waals surface area (Å²) < 4.78 is 139. The number of ether oxygens (including phenoxy) is 1. The van der Waals surface area contributed by atoms with Crippen LogP contribution < -0.4 is 4.90 Å². The Morgan fingerprint density at radius 3 is 1.90 bits per heavy atom. The van der Waals surface area contributed by atoms with E-state index in [-0.39, 0.29) is 64.7 Å². The highest BCUT2D eigenvalue weighted by molar-refractivity contribution is 7.86. The number of aliphatic imine (C=N–C) groups is 1. The summed E-state index contributed by atoms with van der Waals surface area (Å²) in [6, 6.07) is 7.73. The van der Waals surface area contributed by atoms with Gasteiger partial charge in [-0.05, 0) is 99.2 Å². The molecule has 1 fully saturated rings. The fraction of sp³-hybridized carbons (Fsp3) is 0.421. The highest BCUT2D eigenvalue weighted by Gasteiger charge is 2.44. The molecule has 2 atom stereocenters. The van der Waals surface area contributed by atoms with E-state index in [1.54, 1.807) is 49.1 Å². The molecule has 5 rings (SSSR count). The van der Waals surface area contributed by atoms with Gasteiger partial charge in [-0.15, -0.1) is 5.06 Å². The maximum absolute atomic E-state index is 12.3. The average Bonchev–Trinajstić information content (AvgIpc) is 3.70. The summed E-state index contributed by atoms with van der Waals surface area (Å²) in [5.74, 6) is -3.35. The zero-order valence-electron chi connectivity index (χ0n) is 33.4. The molecule has 62 heavy (non-hydrogen) atoms. The number of nitrogens with zero attached hydrogens (tertiary/aromatic N) is 3. The zero-order chi connectivity index (χ0) is 45.9. The number of fused-ring (bicyclic) bond motifs is 2. The Bertz CT molecular complexity index is 2700. The van der Waals surface area contributed by atoms with Crippen molar-refractivity contribution in [2.24, 2.45) is 4.99 Å². The molecular formula is C38H45N3O17S4. The van der Waals surface area contributed by atoms with Crippen molar-refractivity contribution in [1.29, 1.82) is 0 Å². The highest BCUT2D eigenvalue weighted by atomic mass is 32.2. The van der Waals surface area contributed by atoms with Crippen LogP contribution in [0.3, 0.4) is 0 Å². The minimum Gasteiger partial charge on any atom is -0.379 e. The minimum absolute atomic E-state index is 0.0278. The first-order chi connectivity index (χ1) is 28.7. The molecule has 4 N–H and O–H groups in total. The number of allylic oxidation sites excluding steroid dienone is 6. The van der Waals surface area contributed by atoms with E-state index in [1.165, 1.54) is 36.4 Å². The molecule has 1 saturated heterocycles. The van der Waals surface area contributed by atoms with Crippen LogP contribution in [0.4, 0.5) is 11.4 Å². The van der Waals surface area contributed by atoms with Crippen LogP contribution in [0.5, 0.6) is 0 Å². The Morgan fingerprint density at radius 1 is 0.758 bits per heavy atom. The van der Waals surface area contributed by atoms with Crippen LogP contribution in [-0.2, 0) is 75.3 Å². The minimum atomic E-state index is -4.69. The first kappa shape index (κ1) is 48.4. The molecule has 0 spiro atoms.